The minimum Gasteiger partial charge on any atom is -0.358 e. The average Bonchev–Trinajstić information content (AvgIpc) is 2.86. The highest BCUT2D eigenvalue weighted by molar-refractivity contribution is 6.09. The van der Waals surface area contributed by atoms with Crippen molar-refractivity contribution in [3.8, 4) is 0 Å². The van der Waals surface area contributed by atoms with Crippen molar-refractivity contribution in [1.29, 1.82) is 0 Å². The van der Waals surface area contributed by atoms with E-state index in [-0.39, 0.29) is 30.3 Å². The Bertz CT molecular complexity index is 889. The van der Waals surface area contributed by atoms with E-state index in [1.807, 2.05) is 28.0 Å². The monoisotopic (exact) mass is 438 g/mol. The number of hydrogen-bond donors (Lipinski definition) is 0. The first-order chi connectivity index (χ1) is 15.6. The molecule has 1 aromatic carbocycles. The lowest BCUT2D eigenvalue weighted by atomic mass is 9.95. The van der Waals surface area contributed by atoms with Crippen molar-refractivity contribution in [3.05, 3.63) is 23.8 Å². The fourth-order valence-electron chi connectivity index (χ4n) is 5.71. The van der Waals surface area contributed by atoms with Crippen LogP contribution in [0.2, 0.25) is 0 Å². The zero-order chi connectivity index (χ0) is 22.1. The van der Waals surface area contributed by atoms with Crippen LogP contribution in [-0.4, -0.2) is 72.8 Å². The molecular weight excluding hydrogens is 404 g/mol. The number of carbonyl (C=O) groups excluding carboxylic acids is 3. The summed E-state index contributed by atoms with van der Waals surface area (Å²) in [5.41, 5.74) is 2.32. The summed E-state index contributed by atoms with van der Waals surface area (Å²) in [5.74, 6) is 0.0502. The van der Waals surface area contributed by atoms with Crippen molar-refractivity contribution >= 4 is 29.1 Å². The third kappa shape index (κ3) is 3.97. The molecule has 0 bridgehead atoms. The molecule has 5 rings (SSSR count). The number of carbonyl (C=O) groups is 3. The molecule has 0 aromatic heterocycles. The first kappa shape index (κ1) is 21.3. The van der Waals surface area contributed by atoms with E-state index in [0.717, 1.165) is 95.5 Å². The van der Waals surface area contributed by atoms with E-state index in [1.54, 1.807) is 4.90 Å². The zero-order valence-corrected chi connectivity index (χ0v) is 18.9. The second kappa shape index (κ2) is 9.12. The van der Waals surface area contributed by atoms with Crippen molar-refractivity contribution in [2.45, 2.75) is 63.8 Å². The van der Waals surface area contributed by atoms with Crippen LogP contribution < -0.4 is 9.80 Å². The van der Waals surface area contributed by atoms with Gasteiger partial charge in [-0.15, -0.1) is 0 Å². The normalized spacial score (nSPS) is 23.6. The van der Waals surface area contributed by atoms with Gasteiger partial charge in [-0.3, -0.25) is 19.3 Å². The molecule has 7 nitrogen and oxygen atoms in total. The third-order valence-corrected chi connectivity index (χ3v) is 7.52. The van der Waals surface area contributed by atoms with Crippen molar-refractivity contribution in [2.24, 2.45) is 0 Å². The lowest BCUT2D eigenvalue weighted by Gasteiger charge is -2.45. The molecule has 0 saturated carbocycles. The highest BCUT2D eigenvalue weighted by Crippen LogP contribution is 2.40. The van der Waals surface area contributed by atoms with Crippen molar-refractivity contribution in [2.75, 3.05) is 49.1 Å². The second-order valence-electron chi connectivity index (χ2n) is 9.63. The molecule has 32 heavy (non-hydrogen) atoms. The van der Waals surface area contributed by atoms with Gasteiger partial charge in [-0.25, -0.2) is 0 Å². The van der Waals surface area contributed by atoms with Crippen LogP contribution >= 0.6 is 0 Å². The van der Waals surface area contributed by atoms with Crippen LogP contribution in [0.25, 0.3) is 0 Å². The van der Waals surface area contributed by atoms with E-state index in [4.69, 9.17) is 0 Å². The number of amides is 3. The van der Waals surface area contributed by atoms with Gasteiger partial charge in [-0.1, -0.05) is 0 Å². The summed E-state index contributed by atoms with van der Waals surface area (Å²) >= 11 is 0. The SMILES string of the molecule is O=C(CN1C(=O)C2CCCCN2c2ccc(C(=O)N3CCCCC3)cc21)N1CCCCC1. The van der Waals surface area contributed by atoms with Gasteiger partial charge >= 0.3 is 0 Å². The van der Waals surface area contributed by atoms with E-state index >= 15 is 0 Å². The van der Waals surface area contributed by atoms with Gasteiger partial charge < -0.3 is 14.7 Å². The van der Waals surface area contributed by atoms with Crippen molar-refractivity contribution < 1.29 is 14.4 Å². The first-order valence-corrected chi connectivity index (χ1v) is 12.4. The van der Waals surface area contributed by atoms with Gasteiger partial charge in [0, 0.05) is 38.3 Å². The lowest BCUT2D eigenvalue weighted by molar-refractivity contribution is -0.132. The second-order valence-corrected chi connectivity index (χ2v) is 9.63. The molecule has 3 saturated heterocycles. The van der Waals surface area contributed by atoms with Gasteiger partial charge in [-0.2, -0.15) is 0 Å². The largest absolute Gasteiger partial charge is 0.358 e. The Balaban J connectivity index is 1.46. The molecule has 172 valence electrons. The van der Waals surface area contributed by atoms with E-state index < -0.39 is 0 Å². The summed E-state index contributed by atoms with van der Waals surface area (Å²) in [5, 5.41) is 0. The predicted octanol–water partition coefficient (Wildman–Crippen LogP) is 3.03. The lowest BCUT2D eigenvalue weighted by Crippen LogP contribution is -2.57. The molecule has 3 fully saturated rings. The molecule has 1 unspecified atom stereocenters. The summed E-state index contributed by atoms with van der Waals surface area (Å²) in [7, 11) is 0. The van der Waals surface area contributed by atoms with E-state index in [1.165, 1.54) is 6.42 Å². The molecule has 3 amide bonds. The standard InChI is InChI=1S/C25H34N4O3/c30-23(26-12-4-1-5-13-26)18-29-22-17-19(24(31)27-14-6-2-7-15-27)10-11-20(22)28-16-8-3-9-21(28)25(29)32/h10-11,17,21H,1-9,12-16,18H2. The molecule has 4 heterocycles. The number of nitrogens with zero attached hydrogens (tertiary/aromatic N) is 4. The molecule has 7 heteroatoms. The van der Waals surface area contributed by atoms with Crippen LogP contribution in [0.4, 0.5) is 11.4 Å². The summed E-state index contributed by atoms with van der Waals surface area (Å²) < 4.78 is 0. The molecular formula is C25H34N4O3. The summed E-state index contributed by atoms with van der Waals surface area (Å²) in [6.07, 6.45) is 9.39. The molecule has 4 aliphatic heterocycles. The Labute approximate surface area is 190 Å². The smallest absolute Gasteiger partial charge is 0.253 e. The van der Waals surface area contributed by atoms with Crippen molar-refractivity contribution in [1.82, 2.24) is 9.80 Å². The Hall–Kier alpha value is -2.57. The Kier molecular flexibility index (Phi) is 6.07. The summed E-state index contributed by atoms with van der Waals surface area (Å²) in [6, 6.07) is 5.56. The maximum Gasteiger partial charge on any atom is 0.253 e. The molecule has 1 atom stereocenters. The topological polar surface area (TPSA) is 64.2 Å². The number of rotatable bonds is 3. The average molecular weight is 439 g/mol. The van der Waals surface area contributed by atoms with Gasteiger partial charge in [0.1, 0.15) is 12.6 Å². The van der Waals surface area contributed by atoms with Gasteiger partial charge in [0.25, 0.3) is 5.91 Å². The molecule has 0 spiro atoms. The third-order valence-electron chi connectivity index (χ3n) is 7.52. The number of likely N-dealkylation sites (tertiary alicyclic amines) is 2. The van der Waals surface area contributed by atoms with Gasteiger partial charge in [0.2, 0.25) is 11.8 Å². The van der Waals surface area contributed by atoms with Crippen LogP contribution in [0.3, 0.4) is 0 Å². The minimum atomic E-state index is -0.200. The highest BCUT2D eigenvalue weighted by Gasteiger charge is 2.41. The van der Waals surface area contributed by atoms with Crippen LogP contribution in [0.15, 0.2) is 18.2 Å². The predicted molar refractivity (Wildman–Crippen MR) is 124 cm³/mol. The fourth-order valence-corrected chi connectivity index (χ4v) is 5.71. The van der Waals surface area contributed by atoms with E-state index in [9.17, 15) is 14.4 Å². The van der Waals surface area contributed by atoms with Crippen LogP contribution in [0, 0.1) is 0 Å². The van der Waals surface area contributed by atoms with E-state index in [2.05, 4.69) is 4.90 Å². The van der Waals surface area contributed by atoms with Gasteiger partial charge in [0.05, 0.1) is 11.4 Å². The number of piperidine rings is 3. The number of benzene rings is 1. The number of anilines is 2. The molecule has 0 aliphatic carbocycles. The van der Waals surface area contributed by atoms with Crippen LogP contribution in [0.5, 0.6) is 0 Å². The quantitative estimate of drug-likeness (QED) is 0.728. The van der Waals surface area contributed by atoms with Gasteiger partial charge in [0.15, 0.2) is 0 Å². The maximum absolute atomic E-state index is 13.5. The van der Waals surface area contributed by atoms with E-state index in [0.29, 0.717) is 5.56 Å². The summed E-state index contributed by atoms with van der Waals surface area (Å²) in [4.78, 5) is 47.5. The number of fused-ring (bicyclic) bond motifs is 3. The zero-order valence-electron chi connectivity index (χ0n) is 18.9. The van der Waals surface area contributed by atoms with Gasteiger partial charge in [-0.05, 0) is 76.0 Å². The fraction of sp³-hybridized carbons (Fsp3) is 0.640. The number of hydrogen-bond acceptors (Lipinski definition) is 4. The molecule has 0 N–H and O–H groups in total. The highest BCUT2D eigenvalue weighted by atomic mass is 16.2. The Morgan fingerprint density at radius 2 is 1.44 bits per heavy atom. The first-order valence-electron chi connectivity index (χ1n) is 12.4. The van der Waals surface area contributed by atoms with Crippen molar-refractivity contribution in [3.63, 3.8) is 0 Å². The Morgan fingerprint density at radius 3 is 2.16 bits per heavy atom. The Morgan fingerprint density at radius 1 is 0.781 bits per heavy atom. The molecule has 0 radical (unpaired) electrons. The summed E-state index contributed by atoms with van der Waals surface area (Å²) in [6.45, 7) is 4.04. The molecule has 1 aromatic rings. The van der Waals surface area contributed by atoms with Crippen LogP contribution in [-0.2, 0) is 9.59 Å². The maximum atomic E-state index is 13.5. The van der Waals surface area contributed by atoms with Crippen LogP contribution in [0.1, 0.15) is 68.1 Å². The minimum absolute atomic E-state index is 0.00475. The molecule has 4 aliphatic rings.